The number of methoxy groups -OCH3 is 1. The standard InChI is InChI=1S/C20H17NO3S/c1-24-20(23)17-10-13-6-2-3-7-14(13)11-21(17)19(22)16-12-25-18-9-5-4-8-15(16)18/h2-9,12,17H,10-11H2,1H3. The van der Waals surface area contributed by atoms with Crippen LogP contribution in [0.25, 0.3) is 10.1 Å². The van der Waals surface area contributed by atoms with Crippen LogP contribution in [-0.4, -0.2) is 29.9 Å². The van der Waals surface area contributed by atoms with E-state index >= 15 is 0 Å². The van der Waals surface area contributed by atoms with Crippen LogP contribution < -0.4 is 0 Å². The number of amides is 1. The van der Waals surface area contributed by atoms with Crippen molar-refractivity contribution in [2.24, 2.45) is 0 Å². The zero-order valence-electron chi connectivity index (χ0n) is 13.8. The van der Waals surface area contributed by atoms with Crippen molar-refractivity contribution in [2.75, 3.05) is 7.11 Å². The minimum absolute atomic E-state index is 0.123. The van der Waals surface area contributed by atoms with Gasteiger partial charge in [-0.15, -0.1) is 11.3 Å². The molecule has 1 aromatic heterocycles. The molecule has 5 heteroatoms. The van der Waals surface area contributed by atoms with Crippen molar-refractivity contribution in [1.29, 1.82) is 0 Å². The predicted molar refractivity (Wildman–Crippen MR) is 97.6 cm³/mol. The Morgan fingerprint density at radius 2 is 1.80 bits per heavy atom. The van der Waals surface area contributed by atoms with E-state index in [1.165, 1.54) is 7.11 Å². The first-order valence-electron chi connectivity index (χ1n) is 8.11. The molecule has 2 aromatic carbocycles. The quantitative estimate of drug-likeness (QED) is 0.662. The minimum Gasteiger partial charge on any atom is -0.467 e. The molecule has 1 aliphatic rings. The molecule has 1 atom stereocenters. The molecule has 1 unspecified atom stereocenters. The molecule has 0 N–H and O–H groups in total. The van der Waals surface area contributed by atoms with Crippen LogP contribution in [0.5, 0.6) is 0 Å². The maximum Gasteiger partial charge on any atom is 0.328 e. The van der Waals surface area contributed by atoms with Crippen LogP contribution in [0.2, 0.25) is 0 Å². The van der Waals surface area contributed by atoms with Crippen LogP contribution in [0.15, 0.2) is 53.9 Å². The van der Waals surface area contributed by atoms with Gasteiger partial charge in [-0.3, -0.25) is 4.79 Å². The second-order valence-corrected chi connectivity index (χ2v) is 7.00. The molecule has 0 fully saturated rings. The first-order valence-corrected chi connectivity index (χ1v) is 8.99. The molecule has 0 spiro atoms. The Labute approximate surface area is 149 Å². The molecule has 0 bridgehead atoms. The number of thiophene rings is 1. The van der Waals surface area contributed by atoms with Gasteiger partial charge < -0.3 is 9.64 Å². The highest BCUT2D eigenvalue weighted by Gasteiger charge is 2.36. The maximum absolute atomic E-state index is 13.2. The summed E-state index contributed by atoms with van der Waals surface area (Å²) in [7, 11) is 1.37. The van der Waals surface area contributed by atoms with Crippen molar-refractivity contribution in [1.82, 2.24) is 4.90 Å². The first-order chi connectivity index (χ1) is 12.2. The number of carbonyl (C=O) groups is 2. The number of benzene rings is 2. The molecule has 25 heavy (non-hydrogen) atoms. The SMILES string of the molecule is COC(=O)C1Cc2ccccc2CN1C(=O)c1csc2ccccc12. The number of rotatable bonds is 2. The fraction of sp³-hybridized carbons (Fsp3) is 0.200. The van der Waals surface area contributed by atoms with Crippen molar-refractivity contribution in [3.8, 4) is 0 Å². The lowest BCUT2D eigenvalue weighted by Crippen LogP contribution is -2.49. The average molecular weight is 351 g/mol. The number of hydrogen-bond donors (Lipinski definition) is 0. The Hall–Kier alpha value is -2.66. The van der Waals surface area contributed by atoms with Crippen molar-refractivity contribution >= 4 is 33.3 Å². The molecule has 1 amide bonds. The third-order valence-electron chi connectivity index (χ3n) is 4.69. The fourth-order valence-electron chi connectivity index (χ4n) is 3.38. The fourth-order valence-corrected chi connectivity index (χ4v) is 4.32. The van der Waals surface area contributed by atoms with Crippen LogP contribution in [0.3, 0.4) is 0 Å². The summed E-state index contributed by atoms with van der Waals surface area (Å²) in [5, 5.41) is 2.81. The Balaban J connectivity index is 1.76. The summed E-state index contributed by atoms with van der Waals surface area (Å²) < 4.78 is 6.03. The second-order valence-electron chi connectivity index (χ2n) is 6.09. The van der Waals surface area contributed by atoms with Crippen LogP contribution in [0.4, 0.5) is 0 Å². The van der Waals surface area contributed by atoms with Gasteiger partial charge >= 0.3 is 5.97 Å². The Morgan fingerprint density at radius 3 is 2.60 bits per heavy atom. The van der Waals surface area contributed by atoms with Gasteiger partial charge in [-0.1, -0.05) is 42.5 Å². The van der Waals surface area contributed by atoms with E-state index in [1.54, 1.807) is 16.2 Å². The number of esters is 1. The Bertz CT molecular complexity index is 962. The van der Waals surface area contributed by atoms with Gasteiger partial charge in [0.1, 0.15) is 6.04 Å². The highest BCUT2D eigenvalue weighted by molar-refractivity contribution is 7.17. The Morgan fingerprint density at radius 1 is 1.08 bits per heavy atom. The van der Waals surface area contributed by atoms with Gasteiger partial charge in [0.15, 0.2) is 0 Å². The zero-order chi connectivity index (χ0) is 17.4. The summed E-state index contributed by atoms with van der Waals surface area (Å²) in [6.45, 7) is 0.416. The molecule has 3 aromatic rings. The van der Waals surface area contributed by atoms with Gasteiger partial charge in [-0.25, -0.2) is 4.79 Å². The smallest absolute Gasteiger partial charge is 0.328 e. The summed E-state index contributed by atoms with van der Waals surface area (Å²) in [5.74, 6) is -0.496. The van der Waals surface area contributed by atoms with E-state index in [2.05, 4.69) is 0 Å². The topological polar surface area (TPSA) is 46.6 Å². The van der Waals surface area contributed by atoms with Crippen molar-refractivity contribution < 1.29 is 14.3 Å². The molecule has 2 heterocycles. The summed E-state index contributed by atoms with van der Waals surface area (Å²) >= 11 is 1.54. The molecular weight excluding hydrogens is 334 g/mol. The van der Waals surface area contributed by atoms with Gasteiger partial charge in [-0.05, 0) is 17.2 Å². The highest BCUT2D eigenvalue weighted by Crippen LogP contribution is 2.30. The van der Waals surface area contributed by atoms with E-state index in [1.807, 2.05) is 53.9 Å². The number of ether oxygens (including phenoxy) is 1. The number of hydrogen-bond acceptors (Lipinski definition) is 4. The Kier molecular flexibility index (Phi) is 4.01. The number of carbonyl (C=O) groups excluding carboxylic acids is 2. The van der Waals surface area contributed by atoms with Crippen molar-refractivity contribution in [2.45, 2.75) is 19.0 Å². The largest absolute Gasteiger partial charge is 0.467 e. The van der Waals surface area contributed by atoms with Gasteiger partial charge in [0.25, 0.3) is 5.91 Å². The van der Waals surface area contributed by atoms with E-state index in [0.29, 0.717) is 18.5 Å². The highest BCUT2D eigenvalue weighted by atomic mass is 32.1. The third-order valence-corrected chi connectivity index (χ3v) is 5.66. The van der Waals surface area contributed by atoms with E-state index in [-0.39, 0.29) is 11.9 Å². The summed E-state index contributed by atoms with van der Waals surface area (Å²) in [6.07, 6.45) is 0.483. The van der Waals surface area contributed by atoms with E-state index in [4.69, 9.17) is 4.74 Å². The van der Waals surface area contributed by atoms with Crippen LogP contribution in [0, 0.1) is 0 Å². The molecule has 1 aliphatic heterocycles. The van der Waals surface area contributed by atoms with Crippen molar-refractivity contribution in [3.05, 3.63) is 70.6 Å². The van der Waals surface area contributed by atoms with E-state index < -0.39 is 6.04 Å². The molecule has 0 aliphatic carbocycles. The molecule has 126 valence electrons. The van der Waals surface area contributed by atoms with Crippen LogP contribution >= 0.6 is 11.3 Å². The molecular formula is C20H17NO3S. The second kappa shape index (κ2) is 6.33. The average Bonchev–Trinajstić information content (AvgIpc) is 3.10. The lowest BCUT2D eigenvalue weighted by atomic mass is 9.93. The third kappa shape index (κ3) is 2.70. The lowest BCUT2D eigenvalue weighted by Gasteiger charge is -2.35. The normalized spacial score (nSPS) is 16.5. The molecule has 0 saturated heterocycles. The molecule has 0 saturated carbocycles. The van der Waals surface area contributed by atoms with Gasteiger partial charge in [0.05, 0.1) is 12.7 Å². The van der Waals surface area contributed by atoms with Gasteiger partial charge in [0.2, 0.25) is 0 Å². The van der Waals surface area contributed by atoms with E-state index in [9.17, 15) is 9.59 Å². The van der Waals surface area contributed by atoms with Gasteiger partial charge in [-0.2, -0.15) is 0 Å². The lowest BCUT2D eigenvalue weighted by molar-refractivity contribution is -0.146. The predicted octanol–water partition coefficient (Wildman–Crippen LogP) is 3.64. The van der Waals surface area contributed by atoms with E-state index in [0.717, 1.165) is 21.2 Å². The molecule has 0 radical (unpaired) electrons. The van der Waals surface area contributed by atoms with Crippen molar-refractivity contribution in [3.63, 3.8) is 0 Å². The monoisotopic (exact) mass is 351 g/mol. The molecule has 4 nitrogen and oxygen atoms in total. The minimum atomic E-state index is -0.592. The van der Waals surface area contributed by atoms with Gasteiger partial charge in [0, 0.05) is 28.4 Å². The summed E-state index contributed by atoms with van der Waals surface area (Å²) in [4.78, 5) is 27.2. The summed E-state index contributed by atoms with van der Waals surface area (Å²) in [5.41, 5.74) is 2.82. The zero-order valence-corrected chi connectivity index (χ0v) is 14.6. The maximum atomic E-state index is 13.2. The molecule has 4 rings (SSSR count). The first kappa shape index (κ1) is 15.8. The summed E-state index contributed by atoms with van der Waals surface area (Å²) in [6, 6.07) is 15.2. The number of fused-ring (bicyclic) bond motifs is 2. The van der Waals surface area contributed by atoms with Crippen LogP contribution in [-0.2, 0) is 22.5 Å². The number of nitrogens with zero attached hydrogens (tertiary/aromatic N) is 1. The van der Waals surface area contributed by atoms with Crippen LogP contribution in [0.1, 0.15) is 21.5 Å².